The fourth-order valence-electron chi connectivity index (χ4n) is 2.81. The van der Waals surface area contributed by atoms with Crippen molar-refractivity contribution in [3.63, 3.8) is 0 Å². The molecule has 20 heavy (non-hydrogen) atoms. The van der Waals surface area contributed by atoms with Crippen molar-refractivity contribution in [2.24, 2.45) is 5.92 Å². The van der Waals surface area contributed by atoms with Gasteiger partial charge in [-0.3, -0.25) is 4.79 Å². The average molecular weight is 278 g/mol. The first kappa shape index (κ1) is 15.0. The summed E-state index contributed by atoms with van der Waals surface area (Å²) < 4.78 is 13.4. The van der Waals surface area contributed by atoms with E-state index in [1.807, 2.05) is 0 Å². The van der Waals surface area contributed by atoms with Crippen molar-refractivity contribution < 1.29 is 9.18 Å². The summed E-state index contributed by atoms with van der Waals surface area (Å²) >= 11 is 0. The molecule has 1 aromatic carbocycles. The maximum atomic E-state index is 13.4. The van der Waals surface area contributed by atoms with E-state index in [2.05, 4.69) is 17.6 Å². The van der Waals surface area contributed by atoms with Gasteiger partial charge in [-0.25, -0.2) is 4.39 Å². The Kier molecular flexibility index (Phi) is 5.53. The third-order valence-electron chi connectivity index (χ3n) is 4.09. The second-order valence-electron chi connectivity index (χ2n) is 5.60. The van der Waals surface area contributed by atoms with E-state index in [4.69, 9.17) is 0 Å². The molecule has 0 aliphatic heterocycles. The summed E-state index contributed by atoms with van der Waals surface area (Å²) in [6, 6.07) is 6.55. The van der Waals surface area contributed by atoms with Gasteiger partial charge in [0.1, 0.15) is 5.82 Å². The lowest BCUT2D eigenvalue weighted by atomic mass is 9.84. The van der Waals surface area contributed by atoms with Gasteiger partial charge in [0.05, 0.1) is 12.2 Å². The van der Waals surface area contributed by atoms with Crippen LogP contribution >= 0.6 is 0 Å². The minimum absolute atomic E-state index is 0.197. The number of benzene rings is 1. The van der Waals surface area contributed by atoms with Crippen LogP contribution in [-0.2, 0) is 4.79 Å². The first-order chi connectivity index (χ1) is 9.66. The Labute approximate surface area is 120 Å². The van der Waals surface area contributed by atoms with E-state index < -0.39 is 5.82 Å². The molecule has 2 rings (SSSR count). The van der Waals surface area contributed by atoms with Crippen LogP contribution in [0, 0.1) is 11.7 Å². The van der Waals surface area contributed by atoms with Crippen LogP contribution < -0.4 is 10.6 Å². The van der Waals surface area contributed by atoms with Crippen LogP contribution in [0.1, 0.15) is 39.0 Å². The molecule has 0 spiro atoms. The van der Waals surface area contributed by atoms with Gasteiger partial charge in [-0.1, -0.05) is 31.4 Å². The minimum atomic E-state index is -0.402. The second kappa shape index (κ2) is 7.39. The lowest BCUT2D eigenvalue weighted by molar-refractivity contribution is -0.115. The number of carbonyl (C=O) groups excluding carboxylic acids is 1. The van der Waals surface area contributed by atoms with Crippen molar-refractivity contribution >= 4 is 11.6 Å². The number of para-hydroxylation sites is 1. The van der Waals surface area contributed by atoms with E-state index in [-0.39, 0.29) is 18.1 Å². The number of amides is 1. The smallest absolute Gasteiger partial charge is 0.238 e. The molecule has 1 amide bonds. The Balaban J connectivity index is 1.76. The number of hydrogen-bond donors (Lipinski definition) is 2. The van der Waals surface area contributed by atoms with E-state index >= 15 is 0 Å². The largest absolute Gasteiger partial charge is 0.322 e. The fraction of sp³-hybridized carbons (Fsp3) is 0.562. The van der Waals surface area contributed by atoms with Crippen LogP contribution in [-0.4, -0.2) is 18.5 Å². The van der Waals surface area contributed by atoms with Crippen LogP contribution in [0.2, 0.25) is 0 Å². The molecule has 0 heterocycles. The van der Waals surface area contributed by atoms with E-state index in [0.29, 0.717) is 12.0 Å². The van der Waals surface area contributed by atoms with Crippen molar-refractivity contribution in [2.45, 2.75) is 45.1 Å². The lowest BCUT2D eigenvalue weighted by Crippen LogP contribution is -2.39. The van der Waals surface area contributed by atoms with Crippen molar-refractivity contribution in [1.29, 1.82) is 0 Å². The summed E-state index contributed by atoms with van der Waals surface area (Å²) in [6.45, 7) is 2.36. The highest BCUT2D eigenvalue weighted by atomic mass is 19.1. The van der Waals surface area contributed by atoms with Gasteiger partial charge >= 0.3 is 0 Å². The Bertz CT molecular complexity index is 444. The van der Waals surface area contributed by atoms with Gasteiger partial charge in [-0.05, 0) is 37.8 Å². The summed E-state index contributed by atoms with van der Waals surface area (Å²) in [5.41, 5.74) is 0.240. The SMILES string of the molecule is CC(NCC(=O)Nc1ccccc1F)C1CCCCC1. The zero-order valence-electron chi connectivity index (χ0n) is 12.0. The van der Waals surface area contributed by atoms with Crippen LogP contribution in [0.15, 0.2) is 24.3 Å². The molecule has 0 saturated heterocycles. The van der Waals surface area contributed by atoms with E-state index in [1.54, 1.807) is 18.2 Å². The fourth-order valence-corrected chi connectivity index (χ4v) is 2.81. The van der Waals surface area contributed by atoms with Crippen molar-refractivity contribution in [3.05, 3.63) is 30.1 Å². The van der Waals surface area contributed by atoms with Gasteiger partial charge in [-0.15, -0.1) is 0 Å². The minimum Gasteiger partial charge on any atom is -0.322 e. The first-order valence-electron chi connectivity index (χ1n) is 7.44. The van der Waals surface area contributed by atoms with Gasteiger partial charge in [0.25, 0.3) is 0 Å². The number of carbonyl (C=O) groups is 1. The molecule has 1 aromatic rings. The molecule has 110 valence electrons. The maximum absolute atomic E-state index is 13.4. The number of rotatable bonds is 5. The molecule has 4 heteroatoms. The van der Waals surface area contributed by atoms with Crippen molar-refractivity contribution in [1.82, 2.24) is 5.32 Å². The summed E-state index contributed by atoms with van der Waals surface area (Å²) in [5.74, 6) is 0.0592. The lowest BCUT2D eigenvalue weighted by Gasteiger charge is -2.28. The van der Waals surface area contributed by atoms with Crippen LogP contribution in [0.4, 0.5) is 10.1 Å². The molecule has 1 atom stereocenters. The van der Waals surface area contributed by atoms with Gasteiger partial charge in [0.2, 0.25) is 5.91 Å². The van der Waals surface area contributed by atoms with Crippen molar-refractivity contribution in [2.75, 3.05) is 11.9 Å². The van der Waals surface area contributed by atoms with E-state index in [0.717, 1.165) is 0 Å². The zero-order chi connectivity index (χ0) is 14.4. The monoisotopic (exact) mass is 278 g/mol. The third-order valence-corrected chi connectivity index (χ3v) is 4.09. The van der Waals surface area contributed by atoms with Gasteiger partial charge in [0, 0.05) is 6.04 Å². The average Bonchev–Trinajstić information content (AvgIpc) is 2.48. The van der Waals surface area contributed by atoms with Crippen LogP contribution in [0.5, 0.6) is 0 Å². The van der Waals surface area contributed by atoms with Crippen molar-refractivity contribution in [3.8, 4) is 0 Å². The molecule has 3 nitrogen and oxygen atoms in total. The Morgan fingerprint density at radius 1 is 1.30 bits per heavy atom. The van der Waals surface area contributed by atoms with Gasteiger partial charge in [-0.2, -0.15) is 0 Å². The van der Waals surface area contributed by atoms with Crippen LogP contribution in [0.3, 0.4) is 0 Å². The van der Waals surface area contributed by atoms with E-state index in [1.165, 1.54) is 38.2 Å². The molecule has 0 bridgehead atoms. The molecule has 1 aliphatic rings. The van der Waals surface area contributed by atoms with Gasteiger partial charge in [0.15, 0.2) is 0 Å². The molecule has 0 aromatic heterocycles. The van der Waals surface area contributed by atoms with Crippen LogP contribution in [0.25, 0.3) is 0 Å². The standard InChI is InChI=1S/C16H23FN2O/c1-12(13-7-3-2-4-8-13)18-11-16(20)19-15-10-6-5-9-14(15)17/h5-6,9-10,12-13,18H,2-4,7-8,11H2,1H3,(H,19,20). The Hall–Kier alpha value is -1.42. The number of nitrogens with one attached hydrogen (secondary N) is 2. The zero-order valence-corrected chi connectivity index (χ0v) is 12.0. The summed E-state index contributed by atoms with van der Waals surface area (Å²) in [7, 11) is 0. The number of hydrogen-bond acceptors (Lipinski definition) is 2. The molecule has 1 unspecified atom stereocenters. The molecule has 1 aliphatic carbocycles. The number of anilines is 1. The molecule has 1 saturated carbocycles. The quantitative estimate of drug-likeness (QED) is 0.867. The molecule has 1 fully saturated rings. The summed E-state index contributed by atoms with van der Waals surface area (Å²) in [6.07, 6.45) is 6.39. The highest BCUT2D eigenvalue weighted by Gasteiger charge is 2.20. The highest BCUT2D eigenvalue weighted by Crippen LogP contribution is 2.26. The topological polar surface area (TPSA) is 41.1 Å². The predicted molar refractivity (Wildman–Crippen MR) is 79.1 cm³/mol. The molecular weight excluding hydrogens is 255 g/mol. The predicted octanol–water partition coefficient (Wildman–Crippen LogP) is 3.32. The summed E-state index contributed by atoms with van der Waals surface area (Å²) in [5, 5.41) is 5.85. The van der Waals surface area contributed by atoms with E-state index in [9.17, 15) is 9.18 Å². The van der Waals surface area contributed by atoms with Gasteiger partial charge < -0.3 is 10.6 Å². The maximum Gasteiger partial charge on any atom is 0.238 e. The normalized spacial score (nSPS) is 17.7. The molecular formula is C16H23FN2O. The second-order valence-corrected chi connectivity index (χ2v) is 5.60. The molecule has 2 N–H and O–H groups in total. The number of halogens is 1. The Morgan fingerprint density at radius 2 is 2.00 bits per heavy atom. The third kappa shape index (κ3) is 4.30. The Morgan fingerprint density at radius 3 is 2.70 bits per heavy atom. The highest BCUT2D eigenvalue weighted by molar-refractivity contribution is 5.92. The molecule has 0 radical (unpaired) electrons. The summed E-state index contributed by atoms with van der Waals surface area (Å²) in [4.78, 5) is 11.8. The first-order valence-corrected chi connectivity index (χ1v) is 7.44.